The number of hydrogen-bond donors (Lipinski definition) is 1. The van der Waals surface area contributed by atoms with Gasteiger partial charge < -0.3 is 0 Å². The largest absolute Gasteiger partial charge is 0.143 e. The zero-order valence-electron chi connectivity index (χ0n) is 15.7. The van der Waals surface area contributed by atoms with Crippen molar-refractivity contribution in [2.75, 3.05) is 0 Å². The first-order chi connectivity index (χ1) is 13.1. The summed E-state index contributed by atoms with van der Waals surface area (Å²) < 4.78 is 1.33. The van der Waals surface area contributed by atoms with Gasteiger partial charge in [0.1, 0.15) is 0 Å². The quantitative estimate of drug-likeness (QED) is 0.505. The maximum Gasteiger partial charge on any atom is 0.0352 e. The monoisotopic (exact) mass is 388 g/mol. The van der Waals surface area contributed by atoms with Gasteiger partial charge in [0.2, 0.25) is 0 Å². The van der Waals surface area contributed by atoms with Gasteiger partial charge in [0.05, 0.1) is 0 Å². The zero-order valence-corrected chi connectivity index (χ0v) is 17.4. The third-order valence-electron chi connectivity index (χ3n) is 5.42. The molecule has 0 unspecified atom stereocenters. The van der Waals surface area contributed by atoms with E-state index in [0.29, 0.717) is 0 Å². The summed E-state index contributed by atoms with van der Waals surface area (Å²) in [5.41, 5.74) is 7.58. The van der Waals surface area contributed by atoms with E-state index in [1.54, 1.807) is 5.57 Å². The lowest BCUT2D eigenvalue weighted by Gasteiger charge is -2.11. The third kappa shape index (κ3) is 3.56. The van der Waals surface area contributed by atoms with Gasteiger partial charge in [-0.05, 0) is 73.1 Å². The van der Waals surface area contributed by atoms with Crippen molar-refractivity contribution in [3.8, 4) is 0 Å². The molecule has 0 nitrogen and oxygen atoms in total. The molecule has 0 radical (unpaired) electrons. The summed E-state index contributed by atoms with van der Waals surface area (Å²) in [4.78, 5) is 2.38. The molecule has 0 aliphatic heterocycles. The number of benzene rings is 1. The molecule has 2 aliphatic rings. The van der Waals surface area contributed by atoms with E-state index in [1.165, 1.54) is 44.5 Å². The van der Waals surface area contributed by atoms with E-state index in [1.807, 2.05) is 23.5 Å². The van der Waals surface area contributed by atoms with Gasteiger partial charge in [0.25, 0.3) is 0 Å². The molecule has 2 aliphatic carbocycles. The second kappa shape index (κ2) is 7.53. The Kier molecular flexibility index (Phi) is 5.12. The van der Waals surface area contributed by atoms with Gasteiger partial charge in [-0.3, -0.25) is 0 Å². The highest BCUT2D eigenvalue weighted by atomic mass is 32.1. The van der Waals surface area contributed by atoms with Crippen molar-refractivity contribution in [3.05, 3.63) is 93.8 Å². The smallest absolute Gasteiger partial charge is 0.0352 e. The summed E-state index contributed by atoms with van der Waals surface area (Å²) in [6.45, 7) is 10.5. The van der Waals surface area contributed by atoms with Gasteiger partial charge in [-0.25, -0.2) is 0 Å². The number of thiol groups is 1. The molecule has 2 heteroatoms. The number of hydrogen-bond acceptors (Lipinski definition) is 2. The molecule has 1 heterocycles. The van der Waals surface area contributed by atoms with Crippen molar-refractivity contribution in [1.82, 2.24) is 0 Å². The summed E-state index contributed by atoms with van der Waals surface area (Å²) in [7, 11) is 0. The van der Waals surface area contributed by atoms with E-state index in [9.17, 15) is 0 Å². The van der Waals surface area contributed by atoms with Crippen LogP contribution < -0.4 is 0 Å². The number of fused-ring (bicyclic) bond motifs is 3. The molecule has 0 amide bonds. The number of aryl methyl sites for hydroxylation is 1. The Bertz CT molecular complexity index is 1070. The second-order valence-corrected chi connectivity index (χ2v) is 8.96. The predicted octanol–water partition coefficient (Wildman–Crippen LogP) is 7.91. The molecular formula is C25H24S2. The Balaban J connectivity index is 1.71. The van der Waals surface area contributed by atoms with E-state index < -0.39 is 0 Å². The van der Waals surface area contributed by atoms with Gasteiger partial charge in [-0.2, -0.15) is 0 Å². The van der Waals surface area contributed by atoms with E-state index in [-0.39, 0.29) is 0 Å². The fraction of sp³-hybridized carbons (Fsp3) is 0.200. The van der Waals surface area contributed by atoms with Gasteiger partial charge in [-0.15, -0.1) is 24.0 Å². The van der Waals surface area contributed by atoms with Crippen LogP contribution in [0, 0.1) is 0 Å². The maximum absolute atomic E-state index is 4.64. The number of rotatable bonds is 4. The van der Waals surface area contributed by atoms with Crippen molar-refractivity contribution in [2.24, 2.45) is 0 Å². The molecular weight excluding hydrogens is 364 g/mol. The lowest BCUT2D eigenvalue weighted by molar-refractivity contribution is 0.822. The summed E-state index contributed by atoms with van der Waals surface area (Å²) in [6.07, 6.45) is 15.3. The van der Waals surface area contributed by atoms with Gasteiger partial charge in [0, 0.05) is 19.9 Å². The van der Waals surface area contributed by atoms with Crippen LogP contribution in [0.25, 0.3) is 21.2 Å². The third-order valence-corrected chi connectivity index (χ3v) is 6.97. The standard InChI is InChI=1S/C25H24S2/c1-4-20-21-12-14-24-22(25(21)17(3)7-13-23(20)26)15-19(27-24)11-10-18-8-5-16(2)6-9-18/h4-5,7-8,12-15,26H,1,3,6,9-11H2,2H3. The van der Waals surface area contributed by atoms with Crippen LogP contribution in [0.1, 0.15) is 42.2 Å². The first-order valence-corrected chi connectivity index (χ1v) is 10.7. The minimum absolute atomic E-state index is 0.937. The molecule has 27 heavy (non-hydrogen) atoms. The van der Waals surface area contributed by atoms with Crippen molar-refractivity contribution < 1.29 is 0 Å². The van der Waals surface area contributed by atoms with Gasteiger partial charge in [-0.1, -0.05) is 54.7 Å². The summed E-state index contributed by atoms with van der Waals surface area (Å²) in [5.74, 6) is 0. The minimum Gasteiger partial charge on any atom is -0.143 e. The molecule has 0 saturated heterocycles. The Hall–Kier alpha value is -2.03. The van der Waals surface area contributed by atoms with Crippen molar-refractivity contribution >= 4 is 45.2 Å². The highest BCUT2D eigenvalue weighted by molar-refractivity contribution is 7.85. The zero-order chi connectivity index (χ0) is 19.0. The topological polar surface area (TPSA) is 0 Å². The van der Waals surface area contributed by atoms with Gasteiger partial charge in [0.15, 0.2) is 0 Å². The maximum atomic E-state index is 4.64. The molecule has 0 bridgehead atoms. The fourth-order valence-electron chi connectivity index (χ4n) is 3.84. The summed E-state index contributed by atoms with van der Waals surface area (Å²) in [5, 5.41) is 1.30. The molecule has 0 saturated carbocycles. The van der Waals surface area contributed by atoms with Crippen LogP contribution in [0.5, 0.6) is 0 Å². The van der Waals surface area contributed by atoms with Crippen LogP contribution in [0.4, 0.5) is 0 Å². The van der Waals surface area contributed by atoms with Crippen LogP contribution in [0.15, 0.2) is 77.8 Å². The van der Waals surface area contributed by atoms with E-state index in [2.05, 4.69) is 69.1 Å². The van der Waals surface area contributed by atoms with E-state index >= 15 is 0 Å². The Morgan fingerprint density at radius 3 is 2.74 bits per heavy atom. The Morgan fingerprint density at radius 2 is 2.00 bits per heavy atom. The molecule has 136 valence electrons. The highest BCUT2D eigenvalue weighted by Gasteiger charge is 2.17. The van der Waals surface area contributed by atoms with E-state index in [0.717, 1.165) is 28.9 Å². The fourth-order valence-corrected chi connectivity index (χ4v) is 5.20. The summed E-state index contributed by atoms with van der Waals surface area (Å²) >= 11 is 6.55. The number of allylic oxidation sites excluding steroid dienone is 9. The molecule has 1 aromatic heterocycles. The van der Waals surface area contributed by atoms with Crippen LogP contribution >= 0.6 is 24.0 Å². The molecule has 4 rings (SSSR count). The van der Waals surface area contributed by atoms with Crippen molar-refractivity contribution in [1.29, 1.82) is 0 Å². The SMILES string of the molecule is C=CC1=C(S)C=CC(=C)c2c1ccc1sc(CCC3=CC=C(C)CC3)cc21. The number of thiophene rings is 1. The van der Waals surface area contributed by atoms with Crippen LogP contribution in [-0.2, 0) is 6.42 Å². The lowest BCUT2D eigenvalue weighted by Crippen LogP contribution is -1.93. The first kappa shape index (κ1) is 18.3. The molecule has 0 spiro atoms. The van der Waals surface area contributed by atoms with Crippen LogP contribution in [-0.4, -0.2) is 0 Å². The van der Waals surface area contributed by atoms with Crippen molar-refractivity contribution in [2.45, 2.75) is 32.6 Å². The second-order valence-electron chi connectivity index (χ2n) is 7.31. The lowest BCUT2D eigenvalue weighted by atomic mass is 9.93. The van der Waals surface area contributed by atoms with Crippen molar-refractivity contribution in [3.63, 3.8) is 0 Å². The highest BCUT2D eigenvalue weighted by Crippen LogP contribution is 2.41. The Labute approximate surface area is 171 Å². The van der Waals surface area contributed by atoms with Crippen LogP contribution in [0.3, 0.4) is 0 Å². The Morgan fingerprint density at radius 1 is 1.15 bits per heavy atom. The van der Waals surface area contributed by atoms with E-state index in [4.69, 9.17) is 0 Å². The molecule has 0 N–H and O–H groups in total. The average Bonchev–Trinajstić information content (AvgIpc) is 3.04. The molecule has 1 aromatic carbocycles. The minimum atomic E-state index is 0.937. The predicted molar refractivity (Wildman–Crippen MR) is 125 cm³/mol. The summed E-state index contributed by atoms with van der Waals surface area (Å²) in [6, 6.07) is 6.80. The molecule has 0 atom stereocenters. The molecule has 0 fully saturated rings. The van der Waals surface area contributed by atoms with Crippen LogP contribution in [0.2, 0.25) is 0 Å². The average molecular weight is 389 g/mol. The molecule has 2 aromatic rings. The normalized spacial score (nSPS) is 16.9. The first-order valence-electron chi connectivity index (χ1n) is 9.41. The van der Waals surface area contributed by atoms with Gasteiger partial charge >= 0.3 is 0 Å².